The lowest BCUT2D eigenvalue weighted by molar-refractivity contribution is -0.132. The van der Waals surface area contributed by atoms with Gasteiger partial charge in [0.15, 0.2) is 0 Å². The lowest BCUT2D eigenvalue weighted by Crippen LogP contribution is -2.45. The molecule has 0 aromatic rings. The fourth-order valence-electron chi connectivity index (χ4n) is 3.37. The summed E-state index contributed by atoms with van der Waals surface area (Å²) in [5, 5.41) is 3.49. The van der Waals surface area contributed by atoms with Crippen LogP contribution in [0.2, 0.25) is 0 Å². The Hall–Kier alpha value is -0.610. The van der Waals surface area contributed by atoms with Gasteiger partial charge < -0.3 is 10.2 Å². The number of nitrogens with one attached hydrogen (secondary N) is 1. The van der Waals surface area contributed by atoms with E-state index in [1.54, 1.807) is 0 Å². The summed E-state index contributed by atoms with van der Waals surface area (Å²) in [6.07, 6.45) is 7.29. The lowest BCUT2D eigenvalue weighted by atomic mass is 9.99. The highest BCUT2D eigenvalue weighted by Gasteiger charge is 2.32. The van der Waals surface area contributed by atoms with Gasteiger partial charge >= 0.3 is 0 Å². The molecule has 0 aromatic carbocycles. The van der Waals surface area contributed by atoms with Gasteiger partial charge in [0.25, 0.3) is 0 Å². The number of rotatable bonds is 9. The third kappa shape index (κ3) is 5.59. The molecular weight excluding hydrogens is 262 g/mol. The van der Waals surface area contributed by atoms with Crippen LogP contribution in [0.1, 0.15) is 52.4 Å². The van der Waals surface area contributed by atoms with Gasteiger partial charge in [-0.25, -0.2) is 0 Å². The molecule has 1 unspecified atom stereocenters. The molecule has 2 aliphatic rings. The maximum absolute atomic E-state index is 12.6. The Morgan fingerprint density at radius 1 is 1.14 bits per heavy atom. The number of piperidine rings is 1. The molecule has 4 nitrogen and oxygen atoms in total. The van der Waals surface area contributed by atoms with Crippen molar-refractivity contribution in [2.75, 3.05) is 39.3 Å². The lowest BCUT2D eigenvalue weighted by Gasteiger charge is -2.31. The first kappa shape index (κ1) is 16.8. The van der Waals surface area contributed by atoms with Crippen molar-refractivity contribution >= 4 is 5.91 Å². The van der Waals surface area contributed by atoms with E-state index < -0.39 is 0 Å². The maximum Gasteiger partial charge on any atom is 0.236 e. The van der Waals surface area contributed by atoms with Crippen molar-refractivity contribution in [1.29, 1.82) is 0 Å². The van der Waals surface area contributed by atoms with Crippen molar-refractivity contribution < 1.29 is 4.79 Å². The van der Waals surface area contributed by atoms with Crippen LogP contribution in [0.4, 0.5) is 0 Å². The van der Waals surface area contributed by atoms with E-state index in [-0.39, 0.29) is 0 Å². The topological polar surface area (TPSA) is 35.6 Å². The molecule has 2 fully saturated rings. The second kappa shape index (κ2) is 8.74. The zero-order valence-corrected chi connectivity index (χ0v) is 13.9. The molecule has 122 valence electrons. The van der Waals surface area contributed by atoms with Crippen molar-refractivity contribution in [3.63, 3.8) is 0 Å². The zero-order chi connectivity index (χ0) is 15.1. The number of nitrogens with zero attached hydrogens (tertiary/aromatic N) is 2. The normalized spacial score (nSPS) is 22.5. The molecule has 1 amide bonds. The van der Waals surface area contributed by atoms with Gasteiger partial charge in [0, 0.05) is 25.7 Å². The van der Waals surface area contributed by atoms with Gasteiger partial charge in [0.05, 0.1) is 6.54 Å². The van der Waals surface area contributed by atoms with Crippen LogP contribution in [0.15, 0.2) is 0 Å². The number of carbonyl (C=O) groups excluding carboxylic acids is 1. The van der Waals surface area contributed by atoms with E-state index in [1.807, 2.05) is 0 Å². The van der Waals surface area contributed by atoms with E-state index in [0.29, 0.717) is 18.5 Å². The van der Waals surface area contributed by atoms with Crippen molar-refractivity contribution in [2.24, 2.45) is 5.92 Å². The summed E-state index contributed by atoms with van der Waals surface area (Å²) in [5.41, 5.74) is 0. The van der Waals surface area contributed by atoms with Crippen molar-refractivity contribution in [3.05, 3.63) is 0 Å². The van der Waals surface area contributed by atoms with E-state index in [4.69, 9.17) is 0 Å². The average Bonchev–Trinajstić information content (AvgIpc) is 3.32. The monoisotopic (exact) mass is 295 g/mol. The summed E-state index contributed by atoms with van der Waals surface area (Å²) in [6.45, 7) is 10.2. The zero-order valence-electron chi connectivity index (χ0n) is 13.9. The predicted octanol–water partition coefficient (Wildman–Crippen LogP) is 2.10. The van der Waals surface area contributed by atoms with Gasteiger partial charge in [0.2, 0.25) is 5.91 Å². The number of amides is 1. The van der Waals surface area contributed by atoms with E-state index in [0.717, 1.165) is 44.9 Å². The molecule has 4 heteroatoms. The van der Waals surface area contributed by atoms with E-state index >= 15 is 0 Å². The first-order chi connectivity index (χ1) is 10.2. The SMILES string of the molecule is CCCN(CCC)C(=O)CN(CC1CCCNC1)C1CC1. The largest absolute Gasteiger partial charge is 0.342 e. The second-order valence-electron chi connectivity index (χ2n) is 6.75. The van der Waals surface area contributed by atoms with Crippen LogP contribution in [0.5, 0.6) is 0 Å². The quantitative estimate of drug-likeness (QED) is 0.707. The predicted molar refractivity (Wildman–Crippen MR) is 87.4 cm³/mol. The van der Waals surface area contributed by atoms with E-state index in [1.165, 1.54) is 32.2 Å². The summed E-state index contributed by atoms with van der Waals surface area (Å²) in [6, 6.07) is 0.681. The smallest absolute Gasteiger partial charge is 0.236 e. The van der Waals surface area contributed by atoms with Crippen LogP contribution in [0.25, 0.3) is 0 Å². The van der Waals surface area contributed by atoms with Crippen LogP contribution in [0, 0.1) is 5.92 Å². The summed E-state index contributed by atoms with van der Waals surface area (Å²) < 4.78 is 0. The van der Waals surface area contributed by atoms with Gasteiger partial charge in [-0.2, -0.15) is 0 Å². The molecule has 0 bridgehead atoms. The minimum absolute atomic E-state index is 0.342. The Morgan fingerprint density at radius 2 is 1.86 bits per heavy atom. The Morgan fingerprint density at radius 3 is 2.38 bits per heavy atom. The molecule has 1 N–H and O–H groups in total. The van der Waals surface area contributed by atoms with Crippen LogP contribution in [-0.2, 0) is 4.79 Å². The van der Waals surface area contributed by atoms with E-state index in [9.17, 15) is 4.79 Å². The first-order valence-electron chi connectivity index (χ1n) is 8.97. The van der Waals surface area contributed by atoms with Crippen molar-refractivity contribution in [1.82, 2.24) is 15.1 Å². The first-order valence-corrected chi connectivity index (χ1v) is 8.97. The fraction of sp³-hybridized carbons (Fsp3) is 0.941. The van der Waals surface area contributed by atoms with Crippen molar-refractivity contribution in [3.8, 4) is 0 Å². The molecule has 0 spiro atoms. The third-order valence-electron chi connectivity index (χ3n) is 4.63. The Balaban J connectivity index is 1.84. The van der Waals surface area contributed by atoms with Crippen LogP contribution < -0.4 is 5.32 Å². The van der Waals surface area contributed by atoms with Crippen molar-refractivity contribution in [2.45, 2.75) is 58.4 Å². The van der Waals surface area contributed by atoms with Gasteiger partial charge in [-0.3, -0.25) is 9.69 Å². The minimum Gasteiger partial charge on any atom is -0.342 e. The molecular formula is C17H33N3O. The summed E-state index contributed by atoms with van der Waals surface area (Å²) in [7, 11) is 0. The second-order valence-corrected chi connectivity index (χ2v) is 6.75. The van der Waals surface area contributed by atoms with Crippen LogP contribution in [0.3, 0.4) is 0 Å². The molecule has 1 atom stereocenters. The Bertz CT molecular complexity index is 305. The minimum atomic E-state index is 0.342. The standard InChI is InChI=1S/C17H33N3O/c1-3-10-19(11-4-2)17(21)14-20(16-7-8-16)13-15-6-5-9-18-12-15/h15-16,18H,3-14H2,1-2H3. The van der Waals surface area contributed by atoms with E-state index in [2.05, 4.69) is 29.0 Å². The summed E-state index contributed by atoms with van der Waals surface area (Å²) in [4.78, 5) is 17.1. The molecule has 1 heterocycles. The van der Waals surface area contributed by atoms with Crippen LogP contribution >= 0.6 is 0 Å². The third-order valence-corrected chi connectivity index (χ3v) is 4.63. The average molecular weight is 295 g/mol. The van der Waals surface area contributed by atoms with Crippen LogP contribution in [-0.4, -0.2) is 61.0 Å². The fourth-order valence-corrected chi connectivity index (χ4v) is 3.37. The number of hydrogen-bond donors (Lipinski definition) is 1. The van der Waals surface area contributed by atoms with Gasteiger partial charge in [-0.1, -0.05) is 13.8 Å². The molecule has 0 radical (unpaired) electrons. The summed E-state index contributed by atoms with van der Waals surface area (Å²) >= 11 is 0. The molecule has 2 rings (SSSR count). The molecule has 1 saturated heterocycles. The maximum atomic E-state index is 12.6. The van der Waals surface area contributed by atoms with Gasteiger partial charge in [-0.15, -0.1) is 0 Å². The summed E-state index contributed by atoms with van der Waals surface area (Å²) in [5.74, 6) is 1.08. The van der Waals surface area contributed by atoms with Gasteiger partial charge in [-0.05, 0) is 57.5 Å². The highest BCUT2D eigenvalue weighted by Crippen LogP contribution is 2.28. The molecule has 1 aliphatic carbocycles. The molecule has 0 aromatic heterocycles. The molecule has 21 heavy (non-hydrogen) atoms. The number of hydrogen-bond acceptors (Lipinski definition) is 3. The highest BCUT2D eigenvalue weighted by molar-refractivity contribution is 5.78. The van der Waals surface area contributed by atoms with Gasteiger partial charge in [0.1, 0.15) is 0 Å². The molecule has 1 aliphatic heterocycles. The Labute approximate surface area is 130 Å². The Kier molecular flexibility index (Phi) is 6.97. The highest BCUT2D eigenvalue weighted by atomic mass is 16.2. The molecule has 1 saturated carbocycles. The number of carbonyl (C=O) groups is 1.